The Morgan fingerprint density at radius 3 is 2.86 bits per heavy atom. The van der Waals surface area contributed by atoms with Gasteiger partial charge in [-0.2, -0.15) is 0 Å². The molecule has 21 heavy (non-hydrogen) atoms. The van der Waals surface area contributed by atoms with E-state index in [0.29, 0.717) is 0 Å². The van der Waals surface area contributed by atoms with Gasteiger partial charge in [-0.05, 0) is 43.5 Å². The fourth-order valence-corrected chi connectivity index (χ4v) is 3.36. The molecule has 1 aliphatic rings. The summed E-state index contributed by atoms with van der Waals surface area (Å²) in [4.78, 5) is 2.30. The molecule has 1 saturated heterocycles. The monoisotopic (exact) mass is 294 g/mol. The molecular weight excluding hydrogens is 267 g/mol. The number of hydrogen-bond donors (Lipinski definition) is 2. The third kappa shape index (κ3) is 4.02. The minimum absolute atomic E-state index is 0.0269. The lowest BCUT2D eigenvalue weighted by molar-refractivity contribution is 0.0712. The lowest BCUT2D eigenvalue weighted by Gasteiger charge is -2.39. The van der Waals surface area contributed by atoms with E-state index in [1.807, 2.05) is 6.07 Å². The number of hydrogen-bond acceptors (Lipinski definition) is 3. The van der Waals surface area contributed by atoms with Crippen LogP contribution in [0.4, 0.5) is 4.39 Å². The zero-order valence-electron chi connectivity index (χ0n) is 12.8. The lowest BCUT2D eigenvalue weighted by atomic mass is 9.94. The van der Waals surface area contributed by atoms with Crippen molar-refractivity contribution in [3.05, 3.63) is 35.6 Å². The first-order valence-electron chi connectivity index (χ1n) is 8.05. The first-order valence-corrected chi connectivity index (χ1v) is 8.05. The quantitative estimate of drug-likeness (QED) is 0.878. The first-order chi connectivity index (χ1) is 10.2. The Kier molecular flexibility index (Phi) is 6.15. The van der Waals surface area contributed by atoms with Gasteiger partial charge in [-0.15, -0.1) is 0 Å². The maximum atomic E-state index is 13.6. The Morgan fingerprint density at radius 2 is 2.19 bits per heavy atom. The molecule has 1 aromatic rings. The van der Waals surface area contributed by atoms with Gasteiger partial charge in [0.1, 0.15) is 5.82 Å². The van der Waals surface area contributed by atoms with Crippen molar-refractivity contribution in [3.8, 4) is 0 Å². The first kappa shape index (κ1) is 16.4. The van der Waals surface area contributed by atoms with E-state index < -0.39 is 0 Å². The third-order valence-corrected chi connectivity index (χ3v) is 4.56. The van der Waals surface area contributed by atoms with Gasteiger partial charge in [0.25, 0.3) is 0 Å². The second kappa shape index (κ2) is 7.87. The largest absolute Gasteiger partial charge is 0.395 e. The minimum atomic E-state index is -0.226. The molecule has 3 atom stereocenters. The smallest absolute Gasteiger partial charge is 0.123 e. The summed E-state index contributed by atoms with van der Waals surface area (Å²) in [5.74, 6) is -0.226. The van der Waals surface area contributed by atoms with Crippen LogP contribution < -0.4 is 5.73 Å². The van der Waals surface area contributed by atoms with Crippen LogP contribution in [0.5, 0.6) is 0 Å². The molecule has 1 heterocycles. The molecule has 1 aromatic carbocycles. The van der Waals surface area contributed by atoms with Gasteiger partial charge in [0.05, 0.1) is 12.6 Å². The maximum Gasteiger partial charge on any atom is 0.123 e. The van der Waals surface area contributed by atoms with Crippen molar-refractivity contribution in [3.63, 3.8) is 0 Å². The average molecular weight is 294 g/mol. The van der Waals surface area contributed by atoms with E-state index in [9.17, 15) is 9.50 Å². The predicted molar refractivity (Wildman–Crippen MR) is 83.5 cm³/mol. The Balaban J connectivity index is 2.33. The SMILES string of the molecule is CCC(N)C(c1cccc(F)c1)N1CCCCCC1CO. The maximum absolute atomic E-state index is 13.6. The number of aliphatic hydroxyl groups is 1. The normalized spacial score (nSPS) is 23.5. The van der Waals surface area contributed by atoms with Gasteiger partial charge in [0.15, 0.2) is 0 Å². The van der Waals surface area contributed by atoms with Crippen molar-refractivity contribution in [1.82, 2.24) is 4.90 Å². The number of likely N-dealkylation sites (tertiary alicyclic amines) is 1. The number of halogens is 1. The van der Waals surface area contributed by atoms with Crippen molar-refractivity contribution in [2.24, 2.45) is 5.73 Å². The predicted octanol–water partition coefficient (Wildman–Crippen LogP) is 2.84. The molecule has 3 N–H and O–H groups in total. The van der Waals surface area contributed by atoms with Gasteiger partial charge in [0.2, 0.25) is 0 Å². The van der Waals surface area contributed by atoms with Crippen LogP contribution in [-0.2, 0) is 0 Å². The molecule has 0 bridgehead atoms. The highest BCUT2D eigenvalue weighted by Crippen LogP contribution is 2.31. The van der Waals surface area contributed by atoms with Crippen LogP contribution in [0.25, 0.3) is 0 Å². The highest BCUT2D eigenvalue weighted by molar-refractivity contribution is 5.22. The van der Waals surface area contributed by atoms with Crippen LogP contribution in [0.1, 0.15) is 50.6 Å². The standard InChI is InChI=1S/C17H27FN2O/c1-2-16(19)17(13-7-6-8-14(18)11-13)20-10-5-3-4-9-15(20)12-21/h6-8,11,15-17,21H,2-5,9-10,12,19H2,1H3. The summed E-state index contributed by atoms with van der Waals surface area (Å²) in [7, 11) is 0. The second-order valence-electron chi connectivity index (χ2n) is 6.00. The summed E-state index contributed by atoms with van der Waals surface area (Å²) in [5, 5.41) is 9.73. The van der Waals surface area contributed by atoms with E-state index in [-0.39, 0.29) is 30.5 Å². The Bertz CT molecular complexity index is 441. The topological polar surface area (TPSA) is 49.5 Å². The molecule has 0 spiro atoms. The highest BCUT2D eigenvalue weighted by Gasteiger charge is 2.31. The number of nitrogens with zero attached hydrogens (tertiary/aromatic N) is 1. The molecule has 0 saturated carbocycles. The van der Waals surface area contributed by atoms with Crippen molar-refractivity contribution >= 4 is 0 Å². The third-order valence-electron chi connectivity index (χ3n) is 4.56. The van der Waals surface area contributed by atoms with Crippen LogP contribution in [-0.4, -0.2) is 35.2 Å². The molecule has 118 valence electrons. The summed E-state index contributed by atoms with van der Waals surface area (Å²) < 4.78 is 13.6. The number of rotatable bonds is 5. The van der Waals surface area contributed by atoms with Crippen LogP contribution in [0.2, 0.25) is 0 Å². The van der Waals surface area contributed by atoms with Crippen molar-refractivity contribution in [2.45, 2.75) is 57.2 Å². The Morgan fingerprint density at radius 1 is 1.38 bits per heavy atom. The molecule has 0 aromatic heterocycles. The molecule has 1 fully saturated rings. The highest BCUT2D eigenvalue weighted by atomic mass is 19.1. The minimum Gasteiger partial charge on any atom is -0.395 e. The summed E-state index contributed by atoms with van der Waals surface area (Å²) in [5.41, 5.74) is 7.27. The number of nitrogens with two attached hydrogens (primary N) is 1. The summed E-state index contributed by atoms with van der Waals surface area (Å²) >= 11 is 0. The van der Waals surface area contributed by atoms with Crippen molar-refractivity contribution < 1.29 is 9.50 Å². The van der Waals surface area contributed by atoms with Crippen LogP contribution in [0.15, 0.2) is 24.3 Å². The van der Waals surface area contributed by atoms with Crippen molar-refractivity contribution in [2.75, 3.05) is 13.2 Å². The zero-order valence-corrected chi connectivity index (χ0v) is 12.8. The van der Waals surface area contributed by atoms with Crippen LogP contribution >= 0.6 is 0 Å². The van der Waals surface area contributed by atoms with Crippen LogP contribution in [0.3, 0.4) is 0 Å². The van der Waals surface area contributed by atoms with Gasteiger partial charge in [-0.25, -0.2) is 4.39 Å². The fraction of sp³-hybridized carbons (Fsp3) is 0.647. The van der Waals surface area contributed by atoms with E-state index in [2.05, 4.69) is 11.8 Å². The van der Waals surface area contributed by atoms with Gasteiger partial charge in [-0.1, -0.05) is 31.9 Å². The van der Waals surface area contributed by atoms with E-state index in [1.165, 1.54) is 12.5 Å². The van der Waals surface area contributed by atoms with Gasteiger partial charge in [-0.3, -0.25) is 4.90 Å². The number of aliphatic hydroxyl groups excluding tert-OH is 1. The summed E-state index contributed by atoms with van der Waals surface area (Å²) in [6, 6.07) is 6.77. The Labute approximate surface area is 126 Å². The van der Waals surface area contributed by atoms with Crippen LogP contribution in [0, 0.1) is 5.82 Å². The molecule has 0 aliphatic carbocycles. The van der Waals surface area contributed by atoms with E-state index in [4.69, 9.17) is 5.73 Å². The molecule has 0 amide bonds. The molecule has 1 aliphatic heterocycles. The number of benzene rings is 1. The van der Waals surface area contributed by atoms with E-state index >= 15 is 0 Å². The van der Waals surface area contributed by atoms with Crippen molar-refractivity contribution in [1.29, 1.82) is 0 Å². The van der Waals surface area contributed by atoms with Gasteiger partial charge < -0.3 is 10.8 Å². The van der Waals surface area contributed by atoms with E-state index in [1.54, 1.807) is 12.1 Å². The molecule has 4 heteroatoms. The Hall–Kier alpha value is -0.970. The lowest BCUT2D eigenvalue weighted by Crippen LogP contribution is -2.47. The summed E-state index contributed by atoms with van der Waals surface area (Å²) in [6.45, 7) is 3.12. The molecule has 3 unspecified atom stereocenters. The van der Waals surface area contributed by atoms with E-state index in [0.717, 1.165) is 37.8 Å². The molecule has 2 rings (SSSR count). The molecular formula is C17H27FN2O. The summed E-state index contributed by atoms with van der Waals surface area (Å²) in [6.07, 6.45) is 5.25. The fourth-order valence-electron chi connectivity index (χ4n) is 3.36. The van der Waals surface area contributed by atoms with Gasteiger partial charge >= 0.3 is 0 Å². The molecule has 0 radical (unpaired) electrons. The second-order valence-corrected chi connectivity index (χ2v) is 6.00. The molecule has 3 nitrogen and oxygen atoms in total. The zero-order chi connectivity index (χ0) is 15.2. The average Bonchev–Trinajstić information content (AvgIpc) is 2.73. The van der Waals surface area contributed by atoms with Gasteiger partial charge in [0, 0.05) is 12.1 Å².